The summed E-state index contributed by atoms with van der Waals surface area (Å²) in [6, 6.07) is 10.9. The average molecular weight is 669 g/mol. The highest BCUT2D eigenvalue weighted by Gasteiger charge is 2.47. The van der Waals surface area contributed by atoms with E-state index in [9.17, 15) is 18.0 Å². The molecule has 1 aromatic carbocycles. The standard InChI is InChI=1S/C35H55F3O5Si2/c1-7-44(8-2,9-3)42-29(26-40-28-19-17-18-27(24-28)35(36,37)38)22-23-31-30-20-15-13-14-16-21-34(39)41-32(30)25-33(31)43-45(10-4,11-5)12-6/h13,15,17-19,22-24,29-33H,7-12,14,16,20-21,25-26H2,1-6H3/b15-13-,23-22+/t29?,30-,31-,32+,33?/m1/s1. The van der Waals surface area contributed by atoms with Crippen molar-refractivity contribution in [1.82, 2.24) is 0 Å². The first-order valence-corrected chi connectivity index (χ1v) is 22.2. The lowest BCUT2D eigenvalue weighted by atomic mass is 9.89. The van der Waals surface area contributed by atoms with Gasteiger partial charge in [-0.1, -0.05) is 71.9 Å². The predicted octanol–water partition coefficient (Wildman–Crippen LogP) is 10.1. The van der Waals surface area contributed by atoms with Crippen LogP contribution in [0.15, 0.2) is 48.6 Å². The monoisotopic (exact) mass is 668 g/mol. The lowest BCUT2D eigenvalue weighted by Crippen LogP contribution is -2.42. The van der Waals surface area contributed by atoms with Gasteiger partial charge in [0, 0.05) is 24.7 Å². The third-order valence-corrected chi connectivity index (χ3v) is 19.6. The lowest BCUT2D eigenvalue weighted by Gasteiger charge is -2.35. The van der Waals surface area contributed by atoms with E-state index in [2.05, 4.69) is 65.8 Å². The molecule has 0 saturated heterocycles. The van der Waals surface area contributed by atoms with Crippen LogP contribution in [0.4, 0.5) is 13.2 Å². The molecule has 3 rings (SSSR count). The molecule has 0 aromatic heterocycles. The van der Waals surface area contributed by atoms with Crippen LogP contribution in [-0.4, -0.2) is 47.5 Å². The van der Waals surface area contributed by atoms with E-state index in [-0.39, 0.29) is 42.4 Å². The molecule has 1 fully saturated rings. The predicted molar refractivity (Wildman–Crippen MR) is 179 cm³/mol. The van der Waals surface area contributed by atoms with E-state index in [0.29, 0.717) is 12.8 Å². The summed E-state index contributed by atoms with van der Waals surface area (Å²) in [5.41, 5.74) is -0.738. The minimum absolute atomic E-state index is 0.00371. The van der Waals surface area contributed by atoms with Crippen molar-refractivity contribution in [3.63, 3.8) is 0 Å². The third kappa shape index (κ3) is 10.3. The second-order valence-electron chi connectivity index (χ2n) is 12.6. The summed E-state index contributed by atoms with van der Waals surface area (Å²) < 4.78 is 66.2. The summed E-state index contributed by atoms with van der Waals surface area (Å²) in [6.07, 6.45) is 6.94. The summed E-state index contributed by atoms with van der Waals surface area (Å²) >= 11 is 0. The summed E-state index contributed by atoms with van der Waals surface area (Å²) in [7, 11) is -4.07. The van der Waals surface area contributed by atoms with E-state index < -0.39 is 34.5 Å². The van der Waals surface area contributed by atoms with Gasteiger partial charge in [0.2, 0.25) is 0 Å². The number of carbonyl (C=O) groups excluding carboxylic acids is 1. The Hall–Kier alpha value is -1.89. The molecule has 0 spiro atoms. The van der Waals surface area contributed by atoms with Crippen molar-refractivity contribution in [3.8, 4) is 5.75 Å². The highest BCUT2D eigenvalue weighted by molar-refractivity contribution is 6.74. The topological polar surface area (TPSA) is 54.0 Å². The summed E-state index contributed by atoms with van der Waals surface area (Å²) in [5.74, 6) is 0.0927. The Bertz CT molecular complexity index is 1100. The van der Waals surface area contributed by atoms with E-state index in [1.165, 1.54) is 6.07 Å². The molecule has 254 valence electrons. The van der Waals surface area contributed by atoms with E-state index in [4.69, 9.17) is 18.3 Å². The zero-order chi connectivity index (χ0) is 33.1. The van der Waals surface area contributed by atoms with Crippen LogP contribution in [0.25, 0.3) is 0 Å². The van der Waals surface area contributed by atoms with Gasteiger partial charge >= 0.3 is 12.1 Å². The molecule has 0 radical (unpaired) electrons. The van der Waals surface area contributed by atoms with Crippen LogP contribution in [0.5, 0.6) is 5.75 Å². The molecule has 1 aliphatic heterocycles. The molecule has 1 aliphatic carbocycles. The van der Waals surface area contributed by atoms with Crippen molar-refractivity contribution in [2.75, 3.05) is 6.61 Å². The SMILES string of the molecule is CC[Si](CC)(CC)OC(/C=C/[C@H]1C(O[Si](CC)(CC)CC)C[C@@H]2OC(=O)CCC/C=C\C[C@@H]21)COc1cccc(C(F)(F)F)c1. The molecule has 0 amide bonds. The van der Waals surface area contributed by atoms with Crippen LogP contribution >= 0.6 is 0 Å². The number of halogens is 3. The molecule has 2 unspecified atom stereocenters. The fourth-order valence-electron chi connectivity index (χ4n) is 6.85. The first kappa shape index (κ1) is 37.6. The van der Waals surface area contributed by atoms with Crippen molar-refractivity contribution < 1.29 is 36.3 Å². The Morgan fingerprint density at radius 2 is 1.64 bits per heavy atom. The molecular weight excluding hydrogens is 614 g/mol. The van der Waals surface area contributed by atoms with Gasteiger partial charge in [-0.15, -0.1) is 0 Å². The Balaban J connectivity index is 1.97. The van der Waals surface area contributed by atoms with E-state index in [1.54, 1.807) is 6.07 Å². The molecule has 5 atom stereocenters. The first-order chi connectivity index (χ1) is 21.5. The molecule has 45 heavy (non-hydrogen) atoms. The van der Waals surface area contributed by atoms with Gasteiger partial charge in [0.25, 0.3) is 0 Å². The minimum Gasteiger partial charge on any atom is -0.491 e. The maximum absolute atomic E-state index is 13.4. The molecule has 0 N–H and O–H groups in total. The Morgan fingerprint density at radius 1 is 0.978 bits per heavy atom. The summed E-state index contributed by atoms with van der Waals surface area (Å²) in [5, 5.41) is 0. The average Bonchev–Trinajstić information content (AvgIpc) is 3.35. The van der Waals surface area contributed by atoms with Gasteiger partial charge in [-0.2, -0.15) is 13.2 Å². The van der Waals surface area contributed by atoms with Crippen LogP contribution in [0, 0.1) is 11.8 Å². The normalized spacial score (nSPS) is 24.7. The van der Waals surface area contributed by atoms with Gasteiger partial charge < -0.3 is 18.3 Å². The number of ether oxygens (including phenoxy) is 2. The van der Waals surface area contributed by atoms with Gasteiger partial charge in [-0.3, -0.25) is 4.79 Å². The molecule has 1 saturated carbocycles. The Morgan fingerprint density at radius 3 is 2.27 bits per heavy atom. The zero-order valence-corrected chi connectivity index (χ0v) is 30.2. The number of esters is 1. The number of rotatable bonds is 15. The van der Waals surface area contributed by atoms with E-state index in [1.807, 2.05) is 0 Å². The third-order valence-electron chi connectivity index (χ3n) is 10.3. The number of hydrogen-bond donors (Lipinski definition) is 0. The number of benzene rings is 1. The second kappa shape index (κ2) is 17.3. The van der Waals surface area contributed by atoms with Gasteiger partial charge in [0.05, 0.1) is 17.8 Å². The number of carbonyl (C=O) groups is 1. The number of hydrogen-bond acceptors (Lipinski definition) is 5. The highest BCUT2D eigenvalue weighted by Crippen LogP contribution is 2.43. The fourth-order valence-corrected chi connectivity index (χ4v) is 12.5. The largest absolute Gasteiger partial charge is 0.491 e. The fraction of sp³-hybridized carbons (Fsp3) is 0.686. The maximum Gasteiger partial charge on any atom is 0.416 e. The highest BCUT2D eigenvalue weighted by atomic mass is 28.4. The molecule has 1 aromatic rings. The number of fused-ring (bicyclic) bond motifs is 1. The van der Waals surface area contributed by atoms with Crippen LogP contribution < -0.4 is 4.74 Å². The van der Waals surface area contributed by atoms with Crippen molar-refractivity contribution in [1.29, 1.82) is 0 Å². The Labute approximate surface area is 271 Å². The van der Waals surface area contributed by atoms with Crippen LogP contribution in [0.2, 0.25) is 36.3 Å². The second-order valence-corrected chi connectivity index (χ2v) is 22.1. The molecule has 10 heteroatoms. The maximum atomic E-state index is 13.4. The first-order valence-electron chi connectivity index (χ1n) is 17.2. The zero-order valence-electron chi connectivity index (χ0n) is 28.2. The van der Waals surface area contributed by atoms with Crippen molar-refractivity contribution in [3.05, 3.63) is 54.1 Å². The molecule has 1 heterocycles. The van der Waals surface area contributed by atoms with E-state index in [0.717, 1.165) is 67.7 Å². The molecular formula is C35H55F3O5Si2. The van der Waals surface area contributed by atoms with Crippen molar-refractivity contribution >= 4 is 22.6 Å². The number of alkyl halides is 3. The van der Waals surface area contributed by atoms with Crippen LogP contribution in [0.1, 0.15) is 79.2 Å². The summed E-state index contributed by atoms with van der Waals surface area (Å²) in [4.78, 5) is 12.7. The van der Waals surface area contributed by atoms with Gasteiger partial charge in [0.15, 0.2) is 16.6 Å². The number of allylic oxidation sites excluding steroid dienone is 2. The quantitative estimate of drug-likeness (QED) is 0.106. The molecule has 0 bridgehead atoms. The van der Waals surface area contributed by atoms with Crippen molar-refractivity contribution in [2.45, 2.75) is 134 Å². The lowest BCUT2D eigenvalue weighted by molar-refractivity contribution is -0.151. The smallest absolute Gasteiger partial charge is 0.416 e. The Kier molecular flexibility index (Phi) is 14.5. The molecule has 5 nitrogen and oxygen atoms in total. The minimum atomic E-state index is -4.45. The van der Waals surface area contributed by atoms with Gasteiger partial charge in [0.1, 0.15) is 18.5 Å². The van der Waals surface area contributed by atoms with Gasteiger partial charge in [-0.25, -0.2) is 0 Å². The van der Waals surface area contributed by atoms with Crippen LogP contribution in [-0.2, 0) is 24.6 Å². The van der Waals surface area contributed by atoms with Crippen LogP contribution in [0.3, 0.4) is 0 Å². The van der Waals surface area contributed by atoms with Crippen molar-refractivity contribution in [2.24, 2.45) is 11.8 Å². The molecule has 2 aliphatic rings. The van der Waals surface area contributed by atoms with E-state index >= 15 is 0 Å². The van der Waals surface area contributed by atoms with Gasteiger partial charge in [-0.05, 0) is 73.7 Å². The summed E-state index contributed by atoms with van der Waals surface area (Å²) in [6.45, 7) is 13.2.